The SMILES string of the molecule is CCc1nn(C)cc1CNC(=O)c1cccc(Br)c1F. The molecule has 1 heterocycles. The molecular formula is C14H15BrFN3O. The van der Waals surface area contributed by atoms with Crippen molar-refractivity contribution in [3.8, 4) is 0 Å². The van der Waals surface area contributed by atoms with Crippen LogP contribution in [0.3, 0.4) is 0 Å². The Bertz CT molecular complexity index is 639. The fourth-order valence-electron chi connectivity index (χ4n) is 1.98. The molecule has 0 aliphatic carbocycles. The van der Waals surface area contributed by atoms with Crippen LogP contribution in [0, 0.1) is 5.82 Å². The van der Waals surface area contributed by atoms with Gasteiger partial charge < -0.3 is 5.32 Å². The van der Waals surface area contributed by atoms with Crippen LogP contribution in [-0.4, -0.2) is 15.7 Å². The highest BCUT2D eigenvalue weighted by molar-refractivity contribution is 9.10. The fourth-order valence-corrected chi connectivity index (χ4v) is 2.35. The van der Waals surface area contributed by atoms with Crippen LogP contribution in [0.15, 0.2) is 28.9 Å². The number of hydrogen-bond acceptors (Lipinski definition) is 2. The maximum Gasteiger partial charge on any atom is 0.254 e. The summed E-state index contributed by atoms with van der Waals surface area (Å²) in [5.41, 5.74) is 1.91. The van der Waals surface area contributed by atoms with E-state index in [0.717, 1.165) is 17.7 Å². The standard InChI is InChI=1S/C14H15BrFN3O/c1-3-12-9(8-19(2)18-12)7-17-14(20)10-5-4-6-11(15)13(10)16/h4-6,8H,3,7H2,1-2H3,(H,17,20). The van der Waals surface area contributed by atoms with Gasteiger partial charge in [-0.15, -0.1) is 0 Å². The van der Waals surface area contributed by atoms with E-state index in [1.54, 1.807) is 16.8 Å². The topological polar surface area (TPSA) is 46.9 Å². The van der Waals surface area contributed by atoms with Gasteiger partial charge in [-0.3, -0.25) is 9.48 Å². The monoisotopic (exact) mass is 339 g/mol. The van der Waals surface area contributed by atoms with Gasteiger partial charge in [0.15, 0.2) is 0 Å². The van der Waals surface area contributed by atoms with Gasteiger partial charge in [-0.1, -0.05) is 13.0 Å². The Hall–Kier alpha value is -1.69. The number of benzene rings is 1. The molecule has 0 aliphatic heterocycles. The molecule has 0 bridgehead atoms. The number of nitrogens with one attached hydrogen (secondary N) is 1. The van der Waals surface area contributed by atoms with Gasteiger partial charge in [0, 0.05) is 25.4 Å². The molecule has 1 amide bonds. The molecular weight excluding hydrogens is 325 g/mol. The largest absolute Gasteiger partial charge is 0.348 e. The molecule has 2 aromatic rings. The number of carbonyl (C=O) groups excluding carboxylic acids is 1. The van der Waals surface area contributed by atoms with Gasteiger partial charge in [-0.25, -0.2) is 4.39 Å². The zero-order valence-electron chi connectivity index (χ0n) is 11.3. The molecule has 0 fully saturated rings. The minimum atomic E-state index is -0.549. The van der Waals surface area contributed by atoms with Gasteiger partial charge in [0.05, 0.1) is 15.7 Å². The summed E-state index contributed by atoms with van der Waals surface area (Å²) in [5.74, 6) is -0.985. The van der Waals surface area contributed by atoms with E-state index in [4.69, 9.17) is 0 Å². The number of rotatable bonds is 4. The third-order valence-corrected chi connectivity index (χ3v) is 3.57. The third-order valence-electron chi connectivity index (χ3n) is 2.96. The second-order valence-electron chi connectivity index (χ2n) is 4.41. The highest BCUT2D eigenvalue weighted by Crippen LogP contribution is 2.18. The Morgan fingerprint density at radius 2 is 2.25 bits per heavy atom. The lowest BCUT2D eigenvalue weighted by Gasteiger charge is -2.06. The molecule has 2 rings (SSSR count). The number of carbonyl (C=O) groups is 1. The summed E-state index contributed by atoms with van der Waals surface area (Å²) in [6, 6.07) is 4.64. The van der Waals surface area contributed by atoms with Gasteiger partial charge in [0.2, 0.25) is 0 Å². The third kappa shape index (κ3) is 3.07. The normalized spacial score (nSPS) is 10.6. The first-order valence-electron chi connectivity index (χ1n) is 6.26. The van der Waals surface area contributed by atoms with Gasteiger partial charge >= 0.3 is 0 Å². The van der Waals surface area contributed by atoms with E-state index >= 15 is 0 Å². The van der Waals surface area contributed by atoms with E-state index in [0.29, 0.717) is 6.54 Å². The zero-order chi connectivity index (χ0) is 14.7. The summed E-state index contributed by atoms with van der Waals surface area (Å²) < 4.78 is 15.8. The molecule has 1 N–H and O–H groups in total. The number of nitrogens with zero attached hydrogens (tertiary/aromatic N) is 2. The highest BCUT2D eigenvalue weighted by Gasteiger charge is 2.14. The molecule has 0 radical (unpaired) electrons. The van der Waals surface area contributed by atoms with Gasteiger partial charge in [0.1, 0.15) is 5.82 Å². The second-order valence-corrected chi connectivity index (χ2v) is 5.27. The van der Waals surface area contributed by atoms with Crippen LogP contribution in [0.5, 0.6) is 0 Å². The van der Waals surface area contributed by atoms with Crippen LogP contribution in [0.25, 0.3) is 0 Å². The van der Waals surface area contributed by atoms with Crippen LogP contribution in [0.4, 0.5) is 4.39 Å². The Kier molecular flexibility index (Phi) is 4.54. The van der Waals surface area contributed by atoms with Crippen LogP contribution in [0.1, 0.15) is 28.5 Å². The molecule has 1 aromatic heterocycles. The molecule has 106 valence electrons. The Morgan fingerprint density at radius 1 is 1.50 bits per heavy atom. The zero-order valence-corrected chi connectivity index (χ0v) is 12.9. The van der Waals surface area contributed by atoms with Gasteiger partial charge in [-0.05, 0) is 34.5 Å². The molecule has 0 spiro atoms. The minimum Gasteiger partial charge on any atom is -0.348 e. The van der Waals surface area contributed by atoms with Gasteiger partial charge in [0.25, 0.3) is 5.91 Å². The Morgan fingerprint density at radius 3 is 2.95 bits per heavy atom. The Labute approximate surface area is 125 Å². The summed E-state index contributed by atoms with van der Waals surface area (Å²) in [6.07, 6.45) is 2.65. The lowest BCUT2D eigenvalue weighted by atomic mass is 10.2. The Balaban J connectivity index is 2.10. The number of aryl methyl sites for hydroxylation is 2. The highest BCUT2D eigenvalue weighted by atomic mass is 79.9. The maximum absolute atomic E-state index is 13.8. The fraction of sp³-hybridized carbons (Fsp3) is 0.286. The van der Waals surface area contributed by atoms with E-state index in [9.17, 15) is 9.18 Å². The number of halogens is 2. The molecule has 20 heavy (non-hydrogen) atoms. The van der Waals surface area contributed by atoms with E-state index in [-0.39, 0.29) is 10.0 Å². The summed E-state index contributed by atoms with van der Waals surface area (Å²) >= 11 is 3.07. The molecule has 1 aromatic carbocycles. The molecule has 0 saturated heterocycles. The molecule has 6 heteroatoms. The average molecular weight is 340 g/mol. The predicted octanol–water partition coefficient (Wildman–Crippen LogP) is 2.81. The first kappa shape index (κ1) is 14.7. The quantitative estimate of drug-likeness (QED) is 0.930. The lowest BCUT2D eigenvalue weighted by Crippen LogP contribution is -2.24. The second kappa shape index (κ2) is 6.17. The predicted molar refractivity (Wildman–Crippen MR) is 77.9 cm³/mol. The van der Waals surface area contributed by atoms with E-state index < -0.39 is 11.7 Å². The van der Waals surface area contributed by atoms with Crippen molar-refractivity contribution in [1.82, 2.24) is 15.1 Å². The van der Waals surface area contributed by atoms with Crippen molar-refractivity contribution in [2.24, 2.45) is 7.05 Å². The summed E-state index contributed by atoms with van der Waals surface area (Å²) in [6.45, 7) is 2.34. The summed E-state index contributed by atoms with van der Waals surface area (Å²) in [4.78, 5) is 12.0. The lowest BCUT2D eigenvalue weighted by molar-refractivity contribution is 0.0946. The van der Waals surface area contributed by atoms with Crippen LogP contribution in [0.2, 0.25) is 0 Å². The van der Waals surface area contributed by atoms with Crippen molar-refractivity contribution in [3.05, 3.63) is 51.5 Å². The first-order chi connectivity index (χ1) is 9.52. The van der Waals surface area contributed by atoms with Crippen molar-refractivity contribution >= 4 is 21.8 Å². The average Bonchev–Trinajstić information content (AvgIpc) is 2.79. The first-order valence-corrected chi connectivity index (χ1v) is 7.05. The molecule has 0 aliphatic rings. The smallest absolute Gasteiger partial charge is 0.254 e. The van der Waals surface area contributed by atoms with E-state index in [1.807, 2.05) is 20.2 Å². The van der Waals surface area contributed by atoms with Crippen LogP contribution < -0.4 is 5.32 Å². The maximum atomic E-state index is 13.8. The van der Waals surface area contributed by atoms with E-state index in [1.165, 1.54) is 6.07 Å². The number of amides is 1. The van der Waals surface area contributed by atoms with Crippen molar-refractivity contribution in [1.29, 1.82) is 0 Å². The summed E-state index contributed by atoms with van der Waals surface area (Å²) in [7, 11) is 1.83. The van der Waals surface area contributed by atoms with Crippen molar-refractivity contribution < 1.29 is 9.18 Å². The van der Waals surface area contributed by atoms with Crippen molar-refractivity contribution in [2.75, 3.05) is 0 Å². The molecule has 4 nitrogen and oxygen atoms in total. The number of aromatic nitrogens is 2. The number of hydrogen-bond donors (Lipinski definition) is 1. The van der Waals surface area contributed by atoms with Crippen molar-refractivity contribution in [3.63, 3.8) is 0 Å². The van der Waals surface area contributed by atoms with E-state index in [2.05, 4.69) is 26.3 Å². The molecule has 0 atom stereocenters. The van der Waals surface area contributed by atoms with Gasteiger partial charge in [-0.2, -0.15) is 5.10 Å². The van der Waals surface area contributed by atoms with Crippen LogP contribution >= 0.6 is 15.9 Å². The minimum absolute atomic E-state index is 0.0290. The van der Waals surface area contributed by atoms with Crippen molar-refractivity contribution in [2.45, 2.75) is 19.9 Å². The molecule has 0 saturated carbocycles. The molecule has 0 unspecified atom stereocenters. The summed E-state index contributed by atoms with van der Waals surface area (Å²) in [5, 5.41) is 7.01. The van der Waals surface area contributed by atoms with Crippen LogP contribution in [-0.2, 0) is 20.0 Å².